The smallest absolute Gasteiger partial charge is 0.339 e. The van der Waals surface area contributed by atoms with E-state index in [1.165, 1.54) is 0 Å². The lowest BCUT2D eigenvalue weighted by Crippen LogP contribution is -2.01. The van der Waals surface area contributed by atoms with E-state index in [9.17, 15) is 14.7 Å². The molecule has 1 aromatic carbocycles. The minimum Gasteiger partial charge on any atom is -0.507 e. The van der Waals surface area contributed by atoms with Crippen LogP contribution < -0.4 is 10.5 Å². The van der Waals surface area contributed by atoms with E-state index in [1.54, 1.807) is 0 Å². The van der Waals surface area contributed by atoms with Crippen molar-refractivity contribution in [1.82, 2.24) is 0 Å². The maximum Gasteiger partial charge on any atom is 0.339 e. The Balaban J connectivity index is 2.68. The van der Waals surface area contributed by atoms with Gasteiger partial charge in [-0.05, 0) is 6.07 Å². The first-order valence-corrected chi connectivity index (χ1v) is 4.09. The molecule has 0 aromatic heterocycles. The van der Waals surface area contributed by atoms with Gasteiger partial charge in [0, 0.05) is 0 Å². The summed E-state index contributed by atoms with van der Waals surface area (Å²) in [5.41, 5.74) is 5.33. The Morgan fingerprint density at radius 3 is 2.80 bits per heavy atom. The van der Waals surface area contributed by atoms with Gasteiger partial charge in [-0.1, -0.05) is 0 Å². The summed E-state index contributed by atoms with van der Waals surface area (Å²) in [5, 5.41) is 18.3. The number of fused-ring (bicyclic) bond motifs is 1. The van der Waals surface area contributed by atoms with Crippen molar-refractivity contribution in [2.24, 2.45) is 0 Å². The van der Waals surface area contributed by atoms with Gasteiger partial charge in [0.1, 0.15) is 11.3 Å². The van der Waals surface area contributed by atoms with Crippen molar-refractivity contribution >= 4 is 17.6 Å². The maximum absolute atomic E-state index is 10.9. The van der Waals surface area contributed by atoms with E-state index in [2.05, 4.69) is 0 Å². The van der Waals surface area contributed by atoms with Crippen molar-refractivity contribution in [3.8, 4) is 11.5 Å². The normalized spacial score (nSPS) is 13.5. The average molecular weight is 209 g/mol. The minimum absolute atomic E-state index is 0.0334. The Labute approximate surface area is 83.9 Å². The van der Waals surface area contributed by atoms with Crippen LogP contribution in [0, 0.1) is 0 Å². The number of benzene rings is 1. The summed E-state index contributed by atoms with van der Waals surface area (Å²) in [4.78, 5) is 21.7. The zero-order valence-electron chi connectivity index (χ0n) is 7.48. The van der Waals surface area contributed by atoms with E-state index in [0.717, 1.165) is 6.07 Å². The summed E-state index contributed by atoms with van der Waals surface area (Å²) >= 11 is 0. The predicted octanol–water partition coefficient (Wildman–Crippen LogP) is 0.134. The van der Waals surface area contributed by atoms with Crippen molar-refractivity contribution in [1.29, 1.82) is 0 Å². The predicted molar refractivity (Wildman–Crippen MR) is 48.8 cm³/mol. The molecule has 6 nitrogen and oxygen atoms in total. The molecule has 6 heteroatoms. The summed E-state index contributed by atoms with van der Waals surface area (Å²) in [7, 11) is 0. The number of carboxylic acids is 1. The first kappa shape index (κ1) is 9.32. The number of aromatic hydroxyl groups is 1. The third-order valence-electron chi connectivity index (χ3n) is 2.14. The van der Waals surface area contributed by atoms with Crippen molar-refractivity contribution in [3.05, 3.63) is 17.2 Å². The minimum atomic E-state index is -1.30. The first-order valence-electron chi connectivity index (χ1n) is 4.09. The molecule has 1 aliphatic rings. The summed E-state index contributed by atoms with van der Waals surface area (Å²) in [6, 6.07) is 1.06. The van der Waals surface area contributed by atoms with Gasteiger partial charge in [0.15, 0.2) is 5.75 Å². The zero-order valence-corrected chi connectivity index (χ0v) is 7.48. The lowest BCUT2D eigenvalue weighted by molar-refractivity contribution is -0.131. The third kappa shape index (κ3) is 1.26. The molecule has 0 atom stereocenters. The Hall–Kier alpha value is -2.24. The summed E-state index contributed by atoms with van der Waals surface area (Å²) < 4.78 is 4.74. The SMILES string of the molecule is Nc1cc(C(=O)O)c(O)c2c1OC(=O)C2. The largest absolute Gasteiger partial charge is 0.507 e. The van der Waals surface area contributed by atoms with E-state index in [1.807, 2.05) is 0 Å². The second-order valence-corrected chi connectivity index (χ2v) is 3.13. The van der Waals surface area contributed by atoms with Crippen LogP contribution in [-0.4, -0.2) is 22.2 Å². The molecule has 0 saturated carbocycles. The number of carboxylic acid groups (broad SMARTS) is 1. The van der Waals surface area contributed by atoms with Gasteiger partial charge in [0.25, 0.3) is 0 Å². The second kappa shape index (κ2) is 2.88. The number of carbonyl (C=O) groups is 2. The molecule has 2 rings (SSSR count). The molecule has 0 radical (unpaired) electrons. The van der Waals surface area contributed by atoms with Gasteiger partial charge in [-0.15, -0.1) is 0 Å². The molecule has 0 saturated heterocycles. The van der Waals surface area contributed by atoms with Crippen LogP contribution in [0.4, 0.5) is 5.69 Å². The van der Waals surface area contributed by atoms with Gasteiger partial charge in [0.2, 0.25) is 0 Å². The van der Waals surface area contributed by atoms with Crippen LogP contribution in [0.1, 0.15) is 15.9 Å². The number of hydrogen-bond acceptors (Lipinski definition) is 5. The molecule has 4 N–H and O–H groups in total. The maximum atomic E-state index is 10.9. The number of nitrogen functional groups attached to an aromatic ring is 1. The number of nitrogens with two attached hydrogens (primary N) is 1. The van der Waals surface area contributed by atoms with E-state index >= 15 is 0 Å². The molecule has 0 aliphatic carbocycles. The van der Waals surface area contributed by atoms with Crippen LogP contribution in [0.5, 0.6) is 11.5 Å². The van der Waals surface area contributed by atoms with Crippen molar-refractivity contribution in [3.63, 3.8) is 0 Å². The number of anilines is 1. The fourth-order valence-electron chi connectivity index (χ4n) is 1.48. The molecule has 1 aliphatic heterocycles. The molecule has 15 heavy (non-hydrogen) atoms. The molecule has 0 spiro atoms. The standard InChI is InChI=1S/C9H7NO5/c10-5-1-4(9(13)14)7(12)3-2-6(11)15-8(3)5/h1,12H,2,10H2,(H,13,14). The highest BCUT2D eigenvalue weighted by Gasteiger charge is 2.29. The van der Waals surface area contributed by atoms with Crippen LogP contribution in [0.25, 0.3) is 0 Å². The number of ether oxygens (including phenoxy) is 1. The molecule has 0 amide bonds. The van der Waals surface area contributed by atoms with Crippen molar-refractivity contribution < 1.29 is 24.5 Å². The molecule has 0 fully saturated rings. The Morgan fingerprint density at radius 1 is 1.53 bits per heavy atom. The van der Waals surface area contributed by atoms with Crippen LogP contribution >= 0.6 is 0 Å². The zero-order chi connectivity index (χ0) is 11.2. The van der Waals surface area contributed by atoms with Crippen molar-refractivity contribution in [2.45, 2.75) is 6.42 Å². The van der Waals surface area contributed by atoms with Gasteiger partial charge in [0.05, 0.1) is 17.7 Å². The van der Waals surface area contributed by atoms with Gasteiger partial charge in [-0.2, -0.15) is 0 Å². The van der Waals surface area contributed by atoms with E-state index in [4.69, 9.17) is 15.6 Å². The van der Waals surface area contributed by atoms with Crippen LogP contribution in [0.2, 0.25) is 0 Å². The highest BCUT2D eigenvalue weighted by Crippen LogP contribution is 2.40. The number of aromatic carboxylic acids is 1. The number of hydrogen-bond donors (Lipinski definition) is 3. The third-order valence-corrected chi connectivity index (χ3v) is 2.14. The monoisotopic (exact) mass is 209 g/mol. The fourth-order valence-corrected chi connectivity index (χ4v) is 1.48. The summed E-state index contributed by atoms with van der Waals surface area (Å²) in [6.07, 6.45) is -0.160. The molecule has 1 aromatic rings. The number of esters is 1. The van der Waals surface area contributed by atoms with Gasteiger partial charge in [-0.3, -0.25) is 4.79 Å². The van der Waals surface area contributed by atoms with Gasteiger partial charge >= 0.3 is 11.9 Å². The van der Waals surface area contributed by atoms with Crippen molar-refractivity contribution in [2.75, 3.05) is 5.73 Å². The Bertz CT molecular complexity index is 480. The quantitative estimate of drug-likeness (QED) is 0.262. The fraction of sp³-hybridized carbons (Fsp3) is 0.111. The Morgan fingerprint density at radius 2 is 2.20 bits per heavy atom. The van der Waals surface area contributed by atoms with E-state index in [-0.39, 0.29) is 29.0 Å². The highest BCUT2D eigenvalue weighted by atomic mass is 16.5. The van der Waals surface area contributed by atoms with Crippen LogP contribution in [0.15, 0.2) is 6.07 Å². The summed E-state index contributed by atoms with van der Waals surface area (Å²) in [6.45, 7) is 0. The molecule has 0 bridgehead atoms. The second-order valence-electron chi connectivity index (χ2n) is 3.13. The number of rotatable bonds is 1. The molecular weight excluding hydrogens is 202 g/mol. The summed E-state index contributed by atoms with van der Waals surface area (Å²) in [5.74, 6) is -2.27. The van der Waals surface area contributed by atoms with Gasteiger partial charge in [-0.25, -0.2) is 4.79 Å². The topological polar surface area (TPSA) is 110 Å². The first-order chi connectivity index (χ1) is 7.00. The molecular formula is C9H7NO5. The number of carbonyl (C=O) groups excluding carboxylic acids is 1. The van der Waals surface area contributed by atoms with Gasteiger partial charge < -0.3 is 20.7 Å². The average Bonchev–Trinajstić information content (AvgIpc) is 2.53. The lowest BCUT2D eigenvalue weighted by atomic mass is 10.0. The lowest BCUT2D eigenvalue weighted by Gasteiger charge is -2.06. The molecule has 1 heterocycles. The van der Waals surface area contributed by atoms with E-state index < -0.39 is 17.7 Å². The number of phenols is 1. The Kier molecular flexibility index (Phi) is 1.79. The van der Waals surface area contributed by atoms with Crippen LogP contribution in [-0.2, 0) is 11.2 Å². The molecule has 78 valence electrons. The molecule has 0 unspecified atom stereocenters. The van der Waals surface area contributed by atoms with Crippen LogP contribution in [0.3, 0.4) is 0 Å². The highest BCUT2D eigenvalue weighted by molar-refractivity contribution is 5.96. The van der Waals surface area contributed by atoms with E-state index in [0.29, 0.717) is 0 Å².